The molecule has 2 unspecified atom stereocenters. The van der Waals surface area contributed by atoms with Crippen LogP contribution in [0.3, 0.4) is 0 Å². The van der Waals surface area contributed by atoms with Gasteiger partial charge in [0.05, 0.1) is 0 Å². The van der Waals surface area contributed by atoms with Gasteiger partial charge in [-0.15, -0.1) is 0 Å². The lowest BCUT2D eigenvalue weighted by Gasteiger charge is -2.33. The molecule has 2 aliphatic heterocycles. The summed E-state index contributed by atoms with van der Waals surface area (Å²) in [6.07, 6.45) is 5.47. The van der Waals surface area contributed by atoms with E-state index < -0.39 is 0 Å². The monoisotopic (exact) mass is 272 g/mol. The van der Waals surface area contributed by atoms with E-state index in [-0.39, 0.29) is 5.41 Å². The first-order chi connectivity index (χ1) is 9.54. The summed E-state index contributed by atoms with van der Waals surface area (Å²) in [6.45, 7) is 9.40. The van der Waals surface area contributed by atoms with Crippen LogP contribution in [0.15, 0.2) is 24.3 Å². The predicted octanol–water partition coefficient (Wildman–Crippen LogP) is 4.02. The number of hydrogen-bond donors (Lipinski definition) is 1. The van der Waals surface area contributed by atoms with Crippen LogP contribution in [0, 0.1) is 0 Å². The normalized spacial score (nSPS) is 27.4. The van der Waals surface area contributed by atoms with Gasteiger partial charge in [-0.05, 0) is 48.9 Å². The van der Waals surface area contributed by atoms with Crippen molar-refractivity contribution in [2.75, 3.05) is 18.4 Å². The van der Waals surface area contributed by atoms with Crippen molar-refractivity contribution < 1.29 is 0 Å². The van der Waals surface area contributed by atoms with Gasteiger partial charge in [0.2, 0.25) is 0 Å². The molecule has 2 fully saturated rings. The van der Waals surface area contributed by atoms with Gasteiger partial charge >= 0.3 is 0 Å². The molecule has 2 heterocycles. The van der Waals surface area contributed by atoms with Gasteiger partial charge in [0, 0.05) is 24.3 Å². The average molecular weight is 272 g/mol. The fourth-order valence-electron chi connectivity index (χ4n) is 3.70. The maximum absolute atomic E-state index is 3.78. The Balaban J connectivity index is 1.66. The molecule has 110 valence electrons. The van der Waals surface area contributed by atoms with Crippen LogP contribution in [0.25, 0.3) is 0 Å². The Morgan fingerprint density at radius 3 is 2.45 bits per heavy atom. The Hall–Kier alpha value is -1.02. The van der Waals surface area contributed by atoms with Crippen molar-refractivity contribution in [3.05, 3.63) is 29.8 Å². The molecule has 1 aromatic rings. The molecule has 2 aliphatic rings. The first-order valence-electron chi connectivity index (χ1n) is 8.15. The van der Waals surface area contributed by atoms with Crippen LogP contribution in [0.4, 0.5) is 5.69 Å². The van der Waals surface area contributed by atoms with E-state index in [4.69, 9.17) is 0 Å². The van der Waals surface area contributed by atoms with Crippen LogP contribution in [0.1, 0.15) is 52.0 Å². The van der Waals surface area contributed by atoms with Crippen molar-refractivity contribution in [3.8, 4) is 0 Å². The summed E-state index contributed by atoms with van der Waals surface area (Å²) in [5.41, 5.74) is 2.94. The number of benzene rings is 1. The zero-order valence-electron chi connectivity index (χ0n) is 13.2. The highest BCUT2D eigenvalue weighted by Gasteiger charge is 2.35. The molecule has 2 nitrogen and oxygen atoms in total. The van der Waals surface area contributed by atoms with E-state index in [9.17, 15) is 0 Å². The summed E-state index contributed by atoms with van der Waals surface area (Å²) in [6, 6.07) is 10.5. The van der Waals surface area contributed by atoms with Gasteiger partial charge in [-0.25, -0.2) is 0 Å². The number of nitrogens with zero attached hydrogens (tertiary/aromatic N) is 1. The summed E-state index contributed by atoms with van der Waals surface area (Å²) >= 11 is 0. The summed E-state index contributed by atoms with van der Waals surface area (Å²) in [7, 11) is 0. The first-order valence-corrected chi connectivity index (χ1v) is 8.15. The summed E-state index contributed by atoms with van der Waals surface area (Å²) in [5, 5.41) is 3.78. The molecule has 0 spiro atoms. The largest absolute Gasteiger partial charge is 0.381 e. The van der Waals surface area contributed by atoms with E-state index in [1.807, 2.05) is 0 Å². The van der Waals surface area contributed by atoms with E-state index in [1.54, 1.807) is 0 Å². The minimum atomic E-state index is 0.242. The molecule has 20 heavy (non-hydrogen) atoms. The molecule has 0 saturated carbocycles. The predicted molar refractivity (Wildman–Crippen MR) is 86.4 cm³/mol. The van der Waals surface area contributed by atoms with Crippen LogP contribution >= 0.6 is 0 Å². The van der Waals surface area contributed by atoms with E-state index in [2.05, 4.69) is 55.3 Å². The summed E-state index contributed by atoms with van der Waals surface area (Å²) < 4.78 is 0. The van der Waals surface area contributed by atoms with Crippen molar-refractivity contribution in [1.29, 1.82) is 0 Å². The van der Waals surface area contributed by atoms with E-state index in [0.29, 0.717) is 6.04 Å². The average Bonchev–Trinajstić information content (AvgIpc) is 2.82. The molecule has 0 bridgehead atoms. The summed E-state index contributed by atoms with van der Waals surface area (Å²) in [5.74, 6) is 0. The molecule has 3 rings (SSSR count). The van der Waals surface area contributed by atoms with Crippen LogP contribution in [0.2, 0.25) is 0 Å². The van der Waals surface area contributed by atoms with Gasteiger partial charge in [-0.2, -0.15) is 0 Å². The molecule has 0 radical (unpaired) electrons. The molecule has 0 aromatic heterocycles. The van der Waals surface area contributed by atoms with Crippen molar-refractivity contribution in [2.45, 2.75) is 64.0 Å². The highest BCUT2D eigenvalue weighted by molar-refractivity contribution is 5.47. The maximum atomic E-state index is 3.78. The van der Waals surface area contributed by atoms with Crippen LogP contribution < -0.4 is 5.32 Å². The van der Waals surface area contributed by atoms with Gasteiger partial charge in [0.1, 0.15) is 0 Å². The van der Waals surface area contributed by atoms with Crippen molar-refractivity contribution in [1.82, 2.24) is 4.90 Å². The first kappa shape index (κ1) is 13.9. The van der Waals surface area contributed by atoms with Gasteiger partial charge < -0.3 is 5.32 Å². The second-order valence-electron chi connectivity index (χ2n) is 7.47. The van der Waals surface area contributed by atoms with Gasteiger partial charge in [0.15, 0.2) is 0 Å². The highest BCUT2D eigenvalue weighted by Crippen LogP contribution is 2.30. The molecule has 0 aliphatic carbocycles. The molecule has 2 atom stereocenters. The number of anilines is 1. The third-order valence-corrected chi connectivity index (χ3v) is 4.96. The number of rotatable bonds is 2. The quantitative estimate of drug-likeness (QED) is 0.874. The Bertz CT molecular complexity index is 443. The smallest absolute Gasteiger partial charge is 0.0428 e. The van der Waals surface area contributed by atoms with Crippen LogP contribution in [-0.2, 0) is 5.41 Å². The number of fused-ring (bicyclic) bond motifs is 1. The zero-order chi connectivity index (χ0) is 14.2. The van der Waals surface area contributed by atoms with E-state index in [1.165, 1.54) is 50.0 Å². The van der Waals surface area contributed by atoms with Gasteiger partial charge in [0.25, 0.3) is 0 Å². The molecule has 2 heteroatoms. The standard InChI is InChI=1S/C18H28N2/c1-18(2,3)14-7-9-15(10-8-14)19-16-11-13-20-12-5-4-6-17(16)20/h7-10,16-17,19H,4-6,11-13H2,1-3H3. The van der Waals surface area contributed by atoms with E-state index in [0.717, 1.165) is 6.04 Å². The minimum absolute atomic E-state index is 0.242. The Labute approximate surface area is 123 Å². The number of hydrogen-bond acceptors (Lipinski definition) is 2. The van der Waals surface area contributed by atoms with Gasteiger partial charge in [-0.1, -0.05) is 39.3 Å². The maximum Gasteiger partial charge on any atom is 0.0428 e. The third kappa shape index (κ3) is 2.85. The van der Waals surface area contributed by atoms with Gasteiger partial charge in [-0.3, -0.25) is 4.90 Å². The Kier molecular flexibility index (Phi) is 3.76. The fourth-order valence-corrected chi connectivity index (χ4v) is 3.70. The molecular weight excluding hydrogens is 244 g/mol. The van der Waals surface area contributed by atoms with E-state index >= 15 is 0 Å². The third-order valence-electron chi connectivity index (χ3n) is 4.96. The Morgan fingerprint density at radius 2 is 1.75 bits per heavy atom. The van der Waals surface area contributed by atoms with Crippen molar-refractivity contribution in [2.24, 2.45) is 0 Å². The lowest BCUT2D eigenvalue weighted by Crippen LogP contribution is -2.41. The topological polar surface area (TPSA) is 15.3 Å². The lowest BCUT2D eigenvalue weighted by atomic mass is 9.87. The molecule has 1 N–H and O–H groups in total. The second kappa shape index (κ2) is 5.40. The highest BCUT2D eigenvalue weighted by atomic mass is 15.2. The molecule has 2 saturated heterocycles. The summed E-state index contributed by atoms with van der Waals surface area (Å²) in [4.78, 5) is 2.69. The van der Waals surface area contributed by atoms with Crippen molar-refractivity contribution >= 4 is 5.69 Å². The molecular formula is C18H28N2. The SMILES string of the molecule is CC(C)(C)c1ccc(NC2CCN3CCCCC23)cc1. The van der Waals surface area contributed by atoms with Crippen LogP contribution in [0.5, 0.6) is 0 Å². The minimum Gasteiger partial charge on any atom is -0.381 e. The second-order valence-corrected chi connectivity index (χ2v) is 7.47. The number of piperidine rings is 1. The van der Waals surface area contributed by atoms with Crippen LogP contribution in [-0.4, -0.2) is 30.1 Å². The molecule has 1 aromatic carbocycles. The number of nitrogens with one attached hydrogen (secondary N) is 1. The zero-order valence-corrected chi connectivity index (χ0v) is 13.2. The Morgan fingerprint density at radius 1 is 1.00 bits per heavy atom. The lowest BCUT2D eigenvalue weighted by molar-refractivity contribution is 0.193. The van der Waals surface area contributed by atoms with Crippen molar-refractivity contribution in [3.63, 3.8) is 0 Å². The fraction of sp³-hybridized carbons (Fsp3) is 0.667. The molecule has 0 amide bonds.